The van der Waals surface area contributed by atoms with Gasteiger partial charge in [-0.05, 0) is 23.3 Å². The lowest BCUT2D eigenvalue weighted by Crippen LogP contribution is -2.06. The summed E-state index contributed by atoms with van der Waals surface area (Å²) in [5.74, 6) is 3.90. The van der Waals surface area contributed by atoms with Gasteiger partial charge in [-0.2, -0.15) is 0 Å². The van der Waals surface area contributed by atoms with E-state index in [1.807, 2.05) is 47.0 Å². The van der Waals surface area contributed by atoms with Gasteiger partial charge in [0.2, 0.25) is 10.2 Å². The summed E-state index contributed by atoms with van der Waals surface area (Å²) in [6.45, 7) is 7.06. The topological polar surface area (TPSA) is 34.1 Å². The van der Waals surface area contributed by atoms with Crippen LogP contribution in [0.4, 0.5) is 0 Å². The van der Waals surface area contributed by atoms with E-state index in [-0.39, 0.29) is 10.2 Å². The van der Waals surface area contributed by atoms with E-state index in [4.69, 9.17) is 0 Å². The molecule has 2 nitrogen and oxygen atoms in total. The van der Waals surface area contributed by atoms with E-state index in [1.165, 1.54) is 46.8 Å². The van der Waals surface area contributed by atoms with Gasteiger partial charge in [-0.3, -0.25) is 9.59 Å². The zero-order valence-corrected chi connectivity index (χ0v) is 20.2. The Morgan fingerprint density at radius 1 is 0.857 bits per heavy atom. The molecule has 2 aliphatic heterocycles. The third kappa shape index (κ3) is 6.57. The lowest BCUT2D eigenvalue weighted by Gasteiger charge is -2.13. The summed E-state index contributed by atoms with van der Waals surface area (Å²) >= 11 is 10.6. The Morgan fingerprint density at radius 2 is 1.25 bits per heavy atom. The van der Waals surface area contributed by atoms with Gasteiger partial charge in [0.1, 0.15) is 0 Å². The maximum absolute atomic E-state index is 11.4. The van der Waals surface area contributed by atoms with E-state index in [0.717, 1.165) is 23.0 Å². The third-order valence-electron chi connectivity index (χ3n) is 4.14. The highest BCUT2D eigenvalue weighted by atomic mass is 32.2. The van der Waals surface area contributed by atoms with Crippen LogP contribution in [0.5, 0.6) is 0 Å². The summed E-state index contributed by atoms with van der Waals surface area (Å²) in [6.07, 6.45) is 2.79. The van der Waals surface area contributed by atoms with E-state index in [0.29, 0.717) is 19.7 Å². The predicted octanol–water partition coefficient (Wildman–Crippen LogP) is 6.27. The molecule has 28 heavy (non-hydrogen) atoms. The molecule has 8 heteroatoms. The quantitative estimate of drug-likeness (QED) is 0.398. The number of rotatable bonds is 8. The van der Waals surface area contributed by atoms with Crippen molar-refractivity contribution < 1.29 is 9.59 Å². The Morgan fingerprint density at radius 3 is 1.61 bits per heavy atom. The lowest BCUT2D eigenvalue weighted by molar-refractivity contribution is -0.107. The SMILES string of the molecule is C=CC(=O)SCC1CSC(c2ccc(C3SCC(CSC(=O)C=C)S3)cc2)S1. The van der Waals surface area contributed by atoms with Crippen LogP contribution >= 0.6 is 70.6 Å². The molecule has 2 heterocycles. The first-order valence-electron chi connectivity index (χ1n) is 8.81. The van der Waals surface area contributed by atoms with Crippen molar-refractivity contribution in [2.45, 2.75) is 19.7 Å². The van der Waals surface area contributed by atoms with Gasteiger partial charge in [0, 0.05) is 33.5 Å². The van der Waals surface area contributed by atoms with Crippen LogP contribution in [0.2, 0.25) is 0 Å². The molecule has 2 saturated heterocycles. The third-order valence-corrected chi connectivity index (χ3v) is 13.3. The van der Waals surface area contributed by atoms with Gasteiger partial charge in [-0.1, -0.05) is 60.9 Å². The molecule has 0 aliphatic carbocycles. The lowest BCUT2D eigenvalue weighted by atomic mass is 10.2. The van der Waals surface area contributed by atoms with E-state index in [9.17, 15) is 9.59 Å². The van der Waals surface area contributed by atoms with Gasteiger partial charge in [0.25, 0.3) is 0 Å². The number of carbonyl (C=O) groups is 2. The van der Waals surface area contributed by atoms with Gasteiger partial charge in [0.15, 0.2) is 0 Å². The Kier molecular flexibility index (Phi) is 9.38. The van der Waals surface area contributed by atoms with Crippen LogP contribution in [0.3, 0.4) is 0 Å². The minimum absolute atomic E-state index is 0.0653. The molecule has 0 radical (unpaired) electrons. The van der Waals surface area contributed by atoms with Crippen LogP contribution in [0, 0.1) is 0 Å². The molecular formula is C20H22O2S6. The molecule has 0 N–H and O–H groups in total. The number of benzene rings is 1. The first-order chi connectivity index (χ1) is 13.6. The van der Waals surface area contributed by atoms with Crippen LogP contribution in [-0.2, 0) is 9.59 Å². The molecule has 0 spiro atoms. The zero-order valence-electron chi connectivity index (χ0n) is 15.3. The zero-order chi connectivity index (χ0) is 19.9. The number of hydrogen-bond donors (Lipinski definition) is 0. The normalized spacial score (nSPS) is 26.9. The Bertz CT molecular complexity index is 659. The Balaban J connectivity index is 1.48. The van der Waals surface area contributed by atoms with Crippen molar-refractivity contribution in [1.82, 2.24) is 0 Å². The molecule has 4 unspecified atom stereocenters. The van der Waals surface area contributed by atoms with Crippen molar-refractivity contribution in [3.05, 3.63) is 60.7 Å². The van der Waals surface area contributed by atoms with Gasteiger partial charge in [0.05, 0.1) is 9.16 Å². The van der Waals surface area contributed by atoms with E-state index < -0.39 is 0 Å². The minimum atomic E-state index is 0.0653. The predicted molar refractivity (Wildman–Crippen MR) is 135 cm³/mol. The summed E-state index contributed by atoms with van der Waals surface area (Å²) in [5.41, 5.74) is 2.72. The molecule has 2 fully saturated rings. The first kappa shape index (κ1) is 22.8. The molecule has 1 aromatic rings. The second-order valence-corrected chi connectivity index (χ2v) is 13.9. The van der Waals surface area contributed by atoms with Crippen molar-refractivity contribution in [3.8, 4) is 0 Å². The molecule has 0 aromatic heterocycles. The maximum Gasteiger partial charge on any atom is 0.211 e. The smallest absolute Gasteiger partial charge is 0.211 e. The summed E-state index contributed by atoms with van der Waals surface area (Å²) in [5, 5.41) is 1.16. The van der Waals surface area contributed by atoms with Crippen LogP contribution < -0.4 is 0 Å². The number of carbonyl (C=O) groups excluding carboxylic acids is 2. The van der Waals surface area contributed by atoms with E-state index in [2.05, 4.69) is 37.4 Å². The van der Waals surface area contributed by atoms with Crippen molar-refractivity contribution in [2.24, 2.45) is 0 Å². The van der Waals surface area contributed by atoms with Crippen LogP contribution in [0.25, 0.3) is 0 Å². The highest BCUT2D eigenvalue weighted by Gasteiger charge is 2.30. The Labute approximate surface area is 192 Å². The molecular weight excluding hydrogens is 465 g/mol. The average molecular weight is 487 g/mol. The fraction of sp³-hybridized carbons (Fsp3) is 0.400. The van der Waals surface area contributed by atoms with E-state index >= 15 is 0 Å². The Hall–Kier alpha value is 0.140. The van der Waals surface area contributed by atoms with Gasteiger partial charge < -0.3 is 0 Å². The largest absolute Gasteiger partial charge is 0.282 e. The fourth-order valence-electron chi connectivity index (χ4n) is 2.70. The highest BCUT2D eigenvalue weighted by Crippen LogP contribution is 2.52. The summed E-state index contributed by atoms with van der Waals surface area (Å²) in [7, 11) is 0. The minimum Gasteiger partial charge on any atom is -0.282 e. The van der Waals surface area contributed by atoms with Crippen LogP contribution in [-0.4, -0.2) is 43.7 Å². The molecule has 0 saturated carbocycles. The number of hydrogen-bond acceptors (Lipinski definition) is 8. The van der Waals surface area contributed by atoms with Gasteiger partial charge >= 0.3 is 0 Å². The van der Waals surface area contributed by atoms with Crippen molar-refractivity contribution in [1.29, 1.82) is 0 Å². The molecule has 2 aliphatic rings. The second kappa shape index (κ2) is 11.5. The number of thioether (sulfide) groups is 6. The summed E-state index contributed by atoms with van der Waals surface area (Å²) in [4.78, 5) is 22.8. The van der Waals surface area contributed by atoms with Gasteiger partial charge in [-0.15, -0.1) is 47.0 Å². The standard InChI is InChI=1S/C20H22O2S6/c1-3-17(21)23-9-15-11-25-19(27-15)13-5-7-14(8-6-13)20-26-12-16(28-20)10-24-18(22)4-2/h3-8,15-16,19-20H,1-2,9-12H2. The molecule has 1 aromatic carbocycles. The fourth-order valence-corrected chi connectivity index (χ4v) is 11.4. The van der Waals surface area contributed by atoms with Crippen molar-refractivity contribution in [2.75, 3.05) is 23.0 Å². The molecule has 4 atom stereocenters. The monoisotopic (exact) mass is 486 g/mol. The summed E-state index contributed by atoms with van der Waals surface area (Å²) < 4.78 is 0.910. The maximum atomic E-state index is 11.4. The second-order valence-electron chi connectivity index (χ2n) is 6.18. The first-order valence-corrected chi connectivity index (χ1v) is 14.8. The molecule has 3 rings (SSSR count). The van der Waals surface area contributed by atoms with E-state index in [1.54, 1.807) is 0 Å². The average Bonchev–Trinajstić information content (AvgIpc) is 3.40. The molecule has 0 amide bonds. The summed E-state index contributed by atoms with van der Waals surface area (Å²) in [6, 6.07) is 9.04. The van der Waals surface area contributed by atoms with Gasteiger partial charge in [-0.25, -0.2) is 0 Å². The van der Waals surface area contributed by atoms with Crippen molar-refractivity contribution >= 4 is 80.8 Å². The van der Waals surface area contributed by atoms with Crippen LogP contribution in [0.15, 0.2) is 49.6 Å². The van der Waals surface area contributed by atoms with Crippen LogP contribution in [0.1, 0.15) is 20.3 Å². The highest BCUT2D eigenvalue weighted by molar-refractivity contribution is 8.21. The molecule has 150 valence electrons. The van der Waals surface area contributed by atoms with Crippen molar-refractivity contribution in [3.63, 3.8) is 0 Å². The molecule has 0 bridgehead atoms.